The minimum Gasteiger partial charge on any atom is -0.390 e. The smallest absolute Gasteiger partial charge is 0.0822 e. The first-order valence-corrected chi connectivity index (χ1v) is 4.27. The fourth-order valence-corrected chi connectivity index (χ4v) is 1.01. The van der Waals surface area contributed by atoms with Crippen LogP contribution < -0.4 is 0 Å². The first kappa shape index (κ1) is 11.3. The first-order valence-electron chi connectivity index (χ1n) is 3.75. The van der Waals surface area contributed by atoms with Crippen LogP contribution in [0.25, 0.3) is 0 Å². The van der Waals surface area contributed by atoms with Gasteiger partial charge in [-0.15, -0.1) is 0 Å². The zero-order valence-corrected chi connectivity index (χ0v) is 8.94. The minimum atomic E-state index is -0.285. The molecule has 0 aliphatic carbocycles. The summed E-state index contributed by atoms with van der Waals surface area (Å²) >= 11 is 0. The third-order valence-corrected chi connectivity index (χ3v) is 2.06. The standard InChI is InChI=1S/C7H19N2OP/c1-6(8(2)3)7(10)5-9(4)11/h6-7,10H,5,11H2,1-4H3/t6-,7+/m0/s1. The summed E-state index contributed by atoms with van der Waals surface area (Å²) in [5.74, 6) is 0. The Labute approximate surface area is 71.6 Å². The maximum atomic E-state index is 9.56. The van der Waals surface area contributed by atoms with Crippen molar-refractivity contribution in [3.63, 3.8) is 0 Å². The molecule has 0 bridgehead atoms. The third kappa shape index (κ3) is 4.70. The van der Waals surface area contributed by atoms with Gasteiger partial charge in [-0.3, -0.25) is 4.67 Å². The fraction of sp³-hybridized carbons (Fsp3) is 1.00. The van der Waals surface area contributed by atoms with Gasteiger partial charge in [-0.05, 0) is 28.1 Å². The molecule has 0 amide bonds. The Morgan fingerprint density at radius 3 is 2.09 bits per heavy atom. The molecule has 0 fully saturated rings. The molecule has 0 saturated heterocycles. The van der Waals surface area contributed by atoms with E-state index in [1.165, 1.54) is 0 Å². The summed E-state index contributed by atoms with van der Waals surface area (Å²) in [6.07, 6.45) is -0.285. The van der Waals surface area contributed by atoms with E-state index in [1.54, 1.807) is 0 Å². The van der Waals surface area contributed by atoms with E-state index >= 15 is 0 Å². The Bertz CT molecular complexity index is 109. The molecular formula is C7H19N2OP. The van der Waals surface area contributed by atoms with Gasteiger partial charge in [0.15, 0.2) is 0 Å². The summed E-state index contributed by atoms with van der Waals surface area (Å²) in [5.41, 5.74) is 0. The normalized spacial score (nSPS) is 17.5. The van der Waals surface area contributed by atoms with Crippen LogP contribution in [0.15, 0.2) is 0 Å². The quantitative estimate of drug-likeness (QED) is 0.615. The molecule has 1 N–H and O–H groups in total. The lowest BCUT2D eigenvalue weighted by Crippen LogP contribution is -2.41. The van der Waals surface area contributed by atoms with Crippen LogP contribution in [0.1, 0.15) is 6.92 Å². The average molecular weight is 178 g/mol. The molecule has 4 heteroatoms. The molecule has 11 heavy (non-hydrogen) atoms. The van der Waals surface area contributed by atoms with E-state index in [2.05, 4.69) is 9.39 Å². The summed E-state index contributed by atoms with van der Waals surface area (Å²) < 4.78 is 1.91. The van der Waals surface area contributed by atoms with Crippen molar-refractivity contribution >= 4 is 9.39 Å². The van der Waals surface area contributed by atoms with Gasteiger partial charge in [0.2, 0.25) is 0 Å². The fourth-order valence-electron chi connectivity index (χ4n) is 0.792. The highest BCUT2D eigenvalue weighted by atomic mass is 31.0. The Balaban J connectivity index is 3.73. The molecule has 3 atom stereocenters. The summed E-state index contributed by atoms with van der Waals surface area (Å²) in [5, 5.41) is 9.56. The van der Waals surface area contributed by atoms with Crippen molar-refractivity contribution < 1.29 is 5.11 Å². The topological polar surface area (TPSA) is 26.7 Å². The number of rotatable bonds is 4. The molecule has 3 nitrogen and oxygen atoms in total. The maximum Gasteiger partial charge on any atom is 0.0822 e. The van der Waals surface area contributed by atoms with Crippen molar-refractivity contribution in [1.82, 2.24) is 9.57 Å². The molecule has 1 unspecified atom stereocenters. The van der Waals surface area contributed by atoms with Gasteiger partial charge in [0.25, 0.3) is 0 Å². The Hall–Kier alpha value is 0.310. The lowest BCUT2D eigenvalue weighted by Gasteiger charge is -2.27. The van der Waals surface area contributed by atoms with Gasteiger partial charge in [0, 0.05) is 12.6 Å². The van der Waals surface area contributed by atoms with Crippen LogP contribution in [0, 0.1) is 0 Å². The van der Waals surface area contributed by atoms with Gasteiger partial charge in [-0.1, -0.05) is 9.39 Å². The van der Waals surface area contributed by atoms with E-state index in [0.717, 1.165) is 0 Å². The number of likely N-dealkylation sites (N-methyl/N-ethyl adjacent to an activating group) is 2. The Morgan fingerprint density at radius 1 is 1.36 bits per heavy atom. The average Bonchev–Trinajstić information content (AvgIpc) is 1.84. The van der Waals surface area contributed by atoms with Crippen LogP contribution in [-0.2, 0) is 0 Å². The molecule has 0 spiro atoms. The first-order chi connectivity index (χ1) is 4.95. The highest BCUT2D eigenvalue weighted by molar-refractivity contribution is 7.13. The Morgan fingerprint density at radius 2 is 1.82 bits per heavy atom. The van der Waals surface area contributed by atoms with Crippen molar-refractivity contribution in [3.8, 4) is 0 Å². The van der Waals surface area contributed by atoms with Crippen molar-refractivity contribution in [2.75, 3.05) is 27.7 Å². The third-order valence-electron chi connectivity index (χ3n) is 1.85. The summed E-state index contributed by atoms with van der Waals surface area (Å²) in [6.45, 7) is 2.70. The second-order valence-electron chi connectivity index (χ2n) is 3.21. The zero-order chi connectivity index (χ0) is 9.02. The van der Waals surface area contributed by atoms with E-state index in [1.807, 2.05) is 37.6 Å². The van der Waals surface area contributed by atoms with E-state index in [9.17, 15) is 5.11 Å². The van der Waals surface area contributed by atoms with E-state index < -0.39 is 0 Å². The maximum absolute atomic E-state index is 9.56. The monoisotopic (exact) mass is 178 g/mol. The second-order valence-corrected chi connectivity index (χ2v) is 4.09. The molecule has 0 heterocycles. The highest BCUT2D eigenvalue weighted by Crippen LogP contribution is 2.03. The van der Waals surface area contributed by atoms with Crippen LogP contribution in [0.5, 0.6) is 0 Å². The van der Waals surface area contributed by atoms with Gasteiger partial charge in [0.05, 0.1) is 6.10 Å². The molecule has 0 saturated carbocycles. The van der Waals surface area contributed by atoms with Crippen molar-refractivity contribution in [2.45, 2.75) is 19.1 Å². The van der Waals surface area contributed by atoms with Gasteiger partial charge in [-0.2, -0.15) is 0 Å². The second kappa shape index (κ2) is 5.04. The molecule has 0 aromatic rings. The van der Waals surface area contributed by atoms with Gasteiger partial charge < -0.3 is 10.0 Å². The molecule has 0 aliphatic rings. The number of aliphatic hydroxyl groups is 1. The van der Waals surface area contributed by atoms with E-state index in [4.69, 9.17) is 0 Å². The van der Waals surface area contributed by atoms with Gasteiger partial charge in [0.1, 0.15) is 0 Å². The summed E-state index contributed by atoms with van der Waals surface area (Å²) in [4.78, 5) is 2.01. The molecule has 0 aromatic carbocycles. The van der Waals surface area contributed by atoms with Crippen LogP contribution in [0.3, 0.4) is 0 Å². The lowest BCUT2D eigenvalue weighted by molar-refractivity contribution is 0.0747. The predicted molar refractivity (Wildman–Crippen MR) is 51.5 cm³/mol. The largest absolute Gasteiger partial charge is 0.390 e. The molecule has 0 rings (SSSR count). The van der Waals surface area contributed by atoms with Gasteiger partial charge >= 0.3 is 0 Å². The van der Waals surface area contributed by atoms with E-state index in [-0.39, 0.29) is 12.1 Å². The van der Waals surface area contributed by atoms with Crippen molar-refractivity contribution in [1.29, 1.82) is 0 Å². The number of hydrogen-bond donors (Lipinski definition) is 1. The van der Waals surface area contributed by atoms with Crippen LogP contribution >= 0.6 is 9.39 Å². The van der Waals surface area contributed by atoms with Crippen LogP contribution in [0.2, 0.25) is 0 Å². The molecule has 68 valence electrons. The lowest BCUT2D eigenvalue weighted by atomic mass is 10.2. The number of aliphatic hydroxyl groups excluding tert-OH is 1. The van der Waals surface area contributed by atoms with Crippen molar-refractivity contribution in [2.24, 2.45) is 0 Å². The predicted octanol–water partition coefficient (Wildman–Crippen LogP) is 0.0193. The molecule has 0 aromatic heterocycles. The summed E-state index contributed by atoms with van der Waals surface area (Å²) in [7, 11) is 8.40. The van der Waals surface area contributed by atoms with Crippen molar-refractivity contribution in [3.05, 3.63) is 0 Å². The zero-order valence-electron chi connectivity index (χ0n) is 7.78. The van der Waals surface area contributed by atoms with Crippen LogP contribution in [-0.4, -0.2) is 54.5 Å². The molecule has 0 radical (unpaired) electrons. The number of nitrogens with zero attached hydrogens (tertiary/aromatic N) is 2. The number of hydrogen-bond acceptors (Lipinski definition) is 3. The minimum absolute atomic E-state index is 0.206. The molecule has 0 aliphatic heterocycles. The van der Waals surface area contributed by atoms with Gasteiger partial charge in [-0.25, -0.2) is 0 Å². The SMILES string of the molecule is C[C@@H]([C@H](O)CN(C)P)N(C)C. The highest BCUT2D eigenvalue weighted by Gasteiger charge is 2.16. The van der Waals surface area contributed by atoms with Crippen LogP contribution in [0.4, 0.5) is 0 Å². The summed E-state index contributed by atoms with van der Waals surface area (Å²) in [6, 6.07) is 0.206. The molecular weight excluding hydrogens is 159 g/mol. The van der Waals surface area contributed by atoms with E-state index in [0.29, 0.717) is 6.54 Å². The Kier molecular flexibility index (Phi) is 5.19.